The highest BCUT2D eigenvalue weighted by Crippen LogP contribution is 2.26. The molecular formula is C9H13Br2NO3. The van der Waals surface area contributed by atoms with Crippen molar-refractivity contribution >= 4 is 31.9 Å². The Morgan fingerprint density at radius 1 is 1.40 bits per heavy atom. The number of nitrogens with one attached hydrogen (secondary N) is 1. The maximum absolute atomic E-state index is 5.39. The molecule has 0 fully saturated rings. The first-order valence-electron chi connectivity index (χ1n) is 4.37. The van der Waals surface area contributed by atoms with Gasteiger partial charge in [0.15, 0.2) is 11.0 Å². The van der Waals surface area contributed by atoms with Crippen molar-refractivity contribution in [1.29, 1.82) is 0 Å². The van der Waals surface area contributed by atoms with Crippen molar-refractivity contribution in [3.63, 3.8) is 0 Å². The minimum atomic E-state index is -0.230. The molecule has 4 nitrogen and oxygen atoms in total. The van der Waals surface area contributed by atoms with Gasteiger partial charge in [0, 0.05) is 20.8 Å². The van der Waals surface area contributed by atoms with Crippen molar-refractivity contribution in [2.24, 2.45) is 0 Å². The van der Waals surface area contributed by atoms with E-state index in [1.165, 1.54) is 0 Å². The standard InChI is InChI=1S/C9H13Br2NO3/c1-13-8(14-2)5-12-4-6-3-7(10)9(11)15-6/h3,8,12H,4-5H2,1-2H3. The van der Waals surface area contributed by atoms with E-state index in [1.54, 1.807) is 14.2 Å². The van der Waals surface area contributed by atoms with E-state index >= 15 is 0 Å². The van der Waals surface area contributed by atoms with Crippen LogP contribution in [-0.2, 0) is 16.0 Å². The van der Waals surface area contributed by atoms with E-state index < -0.39 is 0 Å². The fraction of sp³-hybridized carbons (Fsp3) is 0.556. The van der Waals surface area contributed by atoms with E-state index in [9.17, 15) is 0 Å². The number of methoxy groups -OCH3 is 2. The van der Waals surface area contributed by atoms with E-state index in [-0.39, 0.29) is 6.29 Å². The number of rotatable bonds is 6. The van der Waals surface area contributed by atoms with Crippen LogP contribution in [0.15, 0.2) is 19.6 Å². The van der Waals surface area contributed by atoms with E-state index in [1.807, 2.05) is 6.07 Å². The molecule has 1 rings (SSSR count). The molecular weight excluding hydrogens is 330 g/mol. The number of hydrogen-bond donors (Lipinski definition) is 1. The second-order valence-electron chi connectivity index (χ2n) is 2.87. The van der Waals surface area contributed by atoms with Crippen LogP contribution in [0.5, 0.6) is 0 Å². The lowest BCUT2D eigenvalue weighted by molar-refractivity contribution is -0.0990. The van der Waals surface area contributed by atoms with Gasteiger partial charge in [-0.3, -0.25) is 0 Å². The maximum atomic E-state index is 5.39. The molecule has 15 heavy (non-hydrogen) atoms. The fourth-order valence-electron chi connectivity index (χ4n) is 1.05. The number of hydrogen-bond acceptors (Lipinski definition) is 4. The van der Waals surface area contributed by atoms with Crippen LogP contribution in [0.2, 0.25) is 0 Å². The minimum absolute atomic E-state index is 0.230. The molecule has 1 N–H and O–H groups in total. The molecule has 0 aliphatic heterocycles. The van der Waals surface area contributed by atoms with Gasteiger partial charge in [0.2, 0.25) is 0 Å². The molecule has 0 saturated heterocycles. The predicted molar refractivity (Wildman–Crippen MR) is 63.6 cm³/mol. The Kier molecular flexibility index (Phi) is 5.84. The SMILES string of the molecule is COC(CNCc1cc(Br)c(Br)o1)OC. The Labute approximate surface area is 106 Å². The molecule has 0 radical (unpaired) electrons. The fourth-order valence-corrected chi connectivity index (χ4v) is 1.71. The molecule has 0 aliphatic carbocycles. The summed E-state index contributed by atoms with van der Waals surface area (Å²) in [5, 5.41) is 3.16. The minimum Gasteiger partial charge on any atom is -0.452 e. The topological polar surface area (TPSA) is 43.6 Å². The molecule has 1 aromatic rings. The van der Waals surface area contributed by atoms with E-state index in [2.05, 4.69) is 37.2 Å². The summed E-state index contributed by atoms with van der Waals surface area (Å²) in [6.45, 7) is 1.25. The summed E-state index contributed by atoms with van der Waals surface area (Å²) in [6.07, 6.45) is -0.230. The van der Waals surface area contributed by atoms with Gasteiger partial charge in [-0.05, 0) is 37.9 Å². The first kappa shape index (κ1) is 13.2. The second kappa shape index (κ2) is 6.65. The Bertz CT molecular complexity index is 280. The summed E-state index contributed by atoms with van der Waals surface area (Å²) >= 11 is 6.62. The number of furan rings is 1. The third kappa shape index (κ3) is 4.24. The molecule has 1 heterocycles. The summed E-state index contributed by atoms with van der Waals surface area (Å²) in [4.78, 5) is 0. The molecule has 0 unspecified atom stereocenters. The first-order valence-corrected chi connectivity index (χ1v) is 5.96. The van der Waals surface area contributed by atoms with Crippen LogP contribution < -0.4 is 5.32 Å². The van der Waals surface area contributed by atoms with Gasteiger partial charge in [-0.2, -0.15) is 0 Å². The maximum Gasteiger partial charge on any atom is 0.183 e. The van der Waals surface area contributed by atoms with Gasteiger partial charge in [-0.15, -0.1) is 0 Å². The van der Waals surface area contributed by atoms with Crippen LogP contribution in [0.4, 0.5) is 0 Å². The smallest absolute Gasteiger partial charge is 0.183 e. The molecule has 0 bridgehead atoms. The van der Waals surface area contributed by atoms with Gasteiger partial charge >= 0.3 is 0 Å². The monoisotopic (exact) mass is 341 g/mol. The lowest BCUT2D eigenvalue weighted by Crippen LogP contribution is -2.29. The summed E-state index contributed by atoms with van der Waals surface area (Å²) in [7, 11) is 3.21. The van der Waals surface area contributed by atoms with Crippen molar-refractivity contribution in [1.82, 2.24) is 5.32 Å². The van der Waals surface area contributed by atoms with Crippen molar-refractivity contribution in [2.45, 2.75) is 12.8 Å². The average Bonchev–Trinajstić information content (AvgIpc) is 2.53. The van der Waals surface area contributed by atoms with Gasteiger partial charge < -0.3 is 19.2 Å². The predicted octanol–water partition coefficient (Wildman–Crippen LogP) is 2.51. The second-order valence-corrected chi connectivity index (χ2v) is 4.44. The van der Waals surface area contributed by atoms with Crippen molar-refractivity contribution in [2.75, 3.05) is 20.8 Å². The normalized spacial score (nSPS) is 11.3. The summed E-state index contributed by atoms with van der Waals surface area (Å²) in [6, 6.07) is 1.91. The zero-order valence-electron chi connectivity index (χ0n) is 8.55. The van der Waals surface area contributed by atoms with Gasteiger partial charge in [0.1, 0.15) is 5.76 Å². The quantitative estimate of drug-likeness (QED) is 0.807. The molecule has 0 aromatic carbocycles. The Morgan fingerprint density at radius 3 is 2.53 bits per heavy atom. The van der Waals surface area contributed by atoms with Crippen LogP contribution >= 0.6 is 31.9 Å². The largest absolute Gasteiger partial charge is 0.452 e. The Balaban J connectivity index is 2.31. The highest BCUT2D eigenvalue weighted by atomic mass is 79.9. The molecule has 0 amide bonds. The molecule has 0 saturated carbocycles. The van der Waals surface area contributed by atoms with Gasteiger partial charge in [0.25, 0.3) is 0 Å². The van der Waals surface area contributed by atoms with Gasteiger partial charge in [-0.1, -0.05) is 0 Å². The van der Waals surface area contributed by atoms with Crippen molar-refractivity contribution in [3.05, 3.63) is 21.0 Å². The van der Waals surface area contributed by atoms with Crippen LogP contribution in [0.3, 0.4) is 0 Å². The highest BCUT2D eigenvalue weighted by Gasteiger charge is 2.07. The van der Waals surface area contributed by atoms with Crippen LogP contribution in [0.1, 0.15) is 5.76 Å². The summed E-state index contributed by atoms with van der Waals surface area (Å²) < 4.78 is 17.1. The molecule has 86 valence electrons. The third-order valence-corrected chi connectivity index (χ3v) is 3.54. The average molecular weight is 343 g/mol. The zero-order chi connectivity index (χ0) is 11.3. The lowest BCUT2D eigenvalue weighted by atomic mass is 10.4. The van der Waals surface area contributed by atoms with Gasteiger partial charge in [0.05, 0.1) is 11.0 Å². The molecule has 0 aliphatic rings. The first-order chi connectivity index (χ1) is 7.17. The van der Waals surface area contributed by atoms with Crippen LogP contribution in [-0.4, -0.2) is 27.1 Å². The van der Waals surface area contributed by atoms with Crippen LogP contribution in [0, 0.1) is 0 Å². The zero-order valence-corrected chi connectivity index (χ0v) is 11.7. The van der Waals surface area contributed by atoms with Crippen molar-refractivity contribution in [3.8, 4) is 0 Å². The number of ether oxygens (including phenoxy) is 2. The summed E-state index contributed by atoms with van der Waals surface area (Å²) in [5.41, 5.74) is 0. The lowest BCUT2D eigenvalue weighted by Gasteiger charge is -2.13. The van der Waals surface area contributed by atoms with E-state index in [4.69, 9.17) is 13.9 Å². The summed E-state index contributed by atoms with van der Waals surface area (Å²) in [5.74, 6) is 0.847. The van der Waals surface area contributed by atoms with Gasteiger partial charge in [-0.25, -0.2) is 0 Å². The molecule has 1 aromatic heterocycles. The molecule has 0 spiro atoms. The van der Waals surface area contributed by atoms with Crippen molar-refractivity contribution < 1.29 is 13.9 Å². The third-order valence-electron chi connectivity index (χ3n) is 1.83. The Morgan fingerprint density at radius 2 is 2.07 bits per heavy atom. The highest BCUT2D eigenvalue weighted by molar-refractivity contribution is 9.13. The van der Waals surface area contributed by atoms with Crippen LogP contribution in [0.25, 0.3) is 0 Å². The number of halogens is 2. The Hall–Kier alpha value is 0.120. The van der Waals surface area contributed by atoms with E-state index in [0.717, 1.165) is 10.2 Å². The van der Waals surface area contributed by atoms with E-state index in [0.29, 0.717) is 17.8 Å². The molecule has 6 heteroatoms. The molecule has 0 atom stereocenters.